The summed E-state index contributed by atoms with van der Waals surface area (Å²) < 4.78 is 4.03. The maximum absolute atomic E-state index is 12.3. The second-order valence-corrected chi connectivity index (χ2v) is 8.92. The van der Waals surface area contributed by atoms with Crippen molar-refractivity contribution < 1.29 is 54.4 Å². The molecular formula is C25H36BN7O7Re-3. The molecule has 3 rings (SSSR count). The van der Waals surface area contributed by atoms with E-state index >= 15 is 0 Å². The molecule has 1 aliphatic rings. The minimum Gasteiger partial charge on any atom is -0.573 e. The summed E-state index contributed by atoms with van der Waals surface area (Å²) in [7, 11) is 2.43. The SMILES string of the molecule is Cn1ccnc1CN(CCCCCC(=O)NCC(=O)N1CCCC1B(O)O)Cc1nccn1C.[C-]=O.[C-]=O.[C-]=O.[Re]. The Morgan fingerprint density at radius 3 is 1.98 bits per heavy atom. The quantitative estimate of drug-likeness (QED) is 0.126. The standard InChI is InChI=1S/C22H36BN7O4.3CO.Re/c1-27-13-9-24-19(27)16-29(17-20-25-10-14-28(20)2)11-5-3-4-8-21(31)26-15-22(32)30-12-6-7-18(30)23(33)34;3*1-2;/h9-10,13-14,18,33-34H,3-8,11-12,15-17H2,1-2H3,(H,26,31);;;;/q;3*-1;. The van der Waals surface area contributed by atoms with Gasteiger partial charge < -0.3 is 64.1 Å². The van der Waals surface area contributed by atoms with Crippen molar-refractivity contribution >= 4 is 39.3 Å². The number of imidazole rings is 2. The van der Waals surface area contributed by atoms with Crippen molar-refractivity contribution in [2.45, 2.75) is 57.6 Å². The fraction of sp³-hybridized carbons (Fsp3) is 0.560. The Morgan fingerprint density at radius 1 is 0.976 bits per heavy atom. The molecule has 2 aromatic rings. The van der Waals surface area contributed by atoms with E-state index in [1.807, 2.05) is 35.6 Å². The van der Waals surface area contributed by atoms with Crippen LogP contribution in [0.2, 0.25) is 0 Å². The third kappa shape index (κ3) is 14.4. The van der Waals surface area contributed by atoms with Crippen LogP contribution in [0.5, 0.6) is 0 Å². The van der Waals surface area contributed by atoms with Gasteiger partial charge in [-0.05, 0) is 32.2 Å². The van der Waals surface area contributed by atoms with Gasteiger partial charge in [0.05, 0.1) is 25.6 Å². The summed E-state index contributed by atoms with van der Waals surface area (Å²) in [4.78, 5) is 59.6. The van der Waals surface area contributed by atoms with Gasteiger partial charge in [0.15, 0.2) is 0 Å². The Bertz CT molecular complexity index is 948. The Hall–Kier alpha value is -3.02. The third-order valence-electron chi connectivity index (χ3n) is 6.35. The second kappa shape index (κ2) is 23.7. The molecule has 0 bridgehead atoms. The van der Waals surface area contributed by atoms with Crippen molar-refractivity contribution in [3.8, 4) is 0 Å². The van der Waals surface area contributed by atoms with Crippen LogP contribution in [0.1, 0.15) is 50.2 Å². The normalized spacial score (nSPS) is 13.4. The van der Waals surface area contributed by atoms with Crippen molar-refractivity contribution in [2.75, 3.05) is 19.6 Å². The number of rotatable bonds is 13. The molecule has 3 heterocycles. The average molecular weight is 744 g/mol. The van der Waals surface area contributed by atoms with Gasteiger partial charge in [-0.1, -0.05) is 6.42 Å². The summed E-state index contributed by atoms with van der Waals surface area (Å²) >= 11 is 0. The summed E-state index contributed by atoms with van der Waals surface area (Å²) in [6, 6.07) is 0. The maximum atomic E-state index is 12.3. The van der Waals surface area contributed by atoms with Crippen LogP contribution in [-0.2, 0) is 71.6 Å². The van der Waals surface area contributed by atoms with Crippen LogP contribution >= 0.6 is 0 Å². The van der Waals surface area contributed by atoms with E-state index in [2.05, 4.69) is 40.6 Å². The first-order valence-corrected chi connectivity index (χ1v) is 12.5. The second-order valence-electron chi connectivity index (χ2n) is 8.92. The van der Waals surface area contributed by atoms with Gasteiger partial charge in [-0.3, -0.25) is 14.5 Å². The van der Waals surface area contributed by atoms with E-state index < -0.39 is 13.1 Å². The Balaban J connectivity index is 0. The number of aryl methyl sites for hydroxylation is 2. The average Bonchev–Trinajstić information content (AvgIpc) is 3.72. The van der Waals surface area contributed by atoms with E-state index in [9.17, 15) is 19.6 Å². The minimum absolute atomic E-state index is 0. The predicted octanol–water partition coefficient (Wildman–Crippen LogP) is -1.36. The monoisotopic (exact) mass is 744 g/mol. The van der Waals surface area contributed by atoms with Crippen molar-refractivity contribution in [3.63, 3.8) is 0 Å². The van der Waals surface area contributed by atoms with Crippen LogP contribution in [0.3, 0.4) is 0 Å². The molecule has 2 aromatic heterocycles. The Kier molecular flexibility index (Phi) is 23.2. The van der Waals surface area contributed by atoms with Gasteiger partial charge >= 0.3 is 7.12 Å². The fourth-order valence-corrected chi connectivity index (χ4v) is 4.29. The first kappa shape index (κ1) is 40.1. The van der Waals surface area contributed by atoms with Gasteiger partial charge in [0.2, 0.25) is 11.8 Å². The molecule has 2 amide bonds. The molecule has 1 unspecified atom stereocenters. The number of unbranched alkanes of at least 4 members (excludes halogenated alkanes) is 2. The van der Waals surface area contributed by atoms with Gasteiger partial charge in [0.1, 0.15) is 11.6 Å². The van der Waals surface area contributed by atoms with Crippen molar-refractivity contribution in [1.82, 2.24) is 34.2 Å². The number of nitrogens with one attached hydrogen (secondary N) is 1. The molecule has 14 nitrogen and oxygen atoms in total. The number of aromatic nitrogens is 4. The van der Waals surface area contributed by atoms with Gasteiger partial charge in [-0.15, -0.1) is 0 Å². The minimum atomic E-state index is -1.54. The Morgan fingerprint density at radius 2 is 1.51 bits per heavy atom. The first-order valence-electron chi connectivity index (χ1n) is 12.5. The van der Waals surface area contributed by atoms with Gasteiger partial charge in [-0.2, -0.15) is 0 Å². The number of hydrogen-bond donors (Lipinski definition) is 3. The summed E-state index contributed by atoms with van der Waals surface area (Å²) in [6.45, 7) is 16.2. The summed E-state index contributed by atoms with van der Waals surface area (Å²) in [5, 5.41) is 21.4. The summed E-state index contributed by atoms with van der Waals surface area (Å²) in [6.07, 6.45) is 11.7. The van der Waals surface area contributed by atoms with Crippen molar-refractivity contribution in [1.29, 1.82) is 0 Å². The van der Waals surface area contributed by atoms with E-state index in [-0.39, 0.29) is 38.8 Å². The maximum Gasteiger partial charge on any atom is 0.475 e. The van der Waals surface area contributed by atoms with Crippen LogP contribution in [0.25, 0.3) is 0 Å². The zero-order valence-corrected chi connectivity index (χ0v) is 26.0. The number of carbonyl (C=O) groups is 2. The molecule has 16 heteroatoms. The molecule has 0 saturated carbocycles. The molecule has 4 radical (unpaired) electrons. The molecule has 1 fully saturated rings. The van der Waals surface area contributed by atoms with E-state index in [0.29, 0.717) is 19.4 Å². The number of hydrogen-bond acceptors (Lipinski definition) is 10. The smallest absolute Gasteiger partial charge is 0.475 e. The molecule has 3 N–H and O–H groups in total. The number of carbonyl (C=O) groups excluding carboxylic acids is 5. The molecule has 226 valence electrons. The fourth-order valence-electron chi connectivity index (χ4n) is 4.29. The van der Waals surface area contributed by atoms with Gasteiger partial charge in [0, 0.05) is 72.3 Å². The third-order valence-corrected chi connectivity index (χ3v) is 6.35. The molecule has 1 atom stereocenters. The largest absolute Gasteiger partial charge is 0.573 e. The Labute approximate surface area is 255 Å². The first-order chi connectivity index (χ1) is 19.3. The molecule has 1 aliphatic heterocycles. The van der Waals surface area contributed by atoms with Crippen LogP contribution in [0.4, 0.5) is 0 Å². The predicted molar refractivity (Wildman–Crippen MR) is 144 cm³/mol. The van der Waals surface area contributed by atoms with E-state index in [4.69, 9.17) is 14.4 Å². The molecular weight excluding hydrogens is 707 g/mol. The van der Waals surface area contributed by atoms with Gasteiger partial charge in [-0.25, -0.2) is 9.97 Å². The van der Waals surface area contributed by atoms with Crippen LogP contribution < -0.4 is 5.32 Å². The van der Waals surface area contributed by atoms with Gasteiger partial charge in [0.25, 0.3) is 0 Å². The summed E-state index contributed by atoms with van der Waals surface area (Å²) in [5.74, 6) is 0.970. The van der Waals surface area contributed by atoms with E-state index in [1.54, 1.807) is 12.4 Å². The zero-order valence-electron chi connectivity index (χ0n) is 23.2. The van der Waals surface area contributed by atoms with Crippen molar-refractivity contribution in [3.05, 3.63) is 36.4 Å². The summed E-state index contributed by atoms with van der Waals surface area (Å²) in [5.41, 5.74) is 0. The van der Waals surface area contributed by atoms with E-state index in [0.717, 1.165) is 57.0 Å². The molecule has 0 aromatic carbocycles. The zero-order chi connectivity index (χ0) is 30.5. The molecule has 41 heavy (non-hydrogen) atoms. The molecule has 0 spiro atoms. The topological polar surface area (TPSA) is 180 Å². The van der Waals surface area contributed by atoms with Crippen LogP contribution in [-0.4, -0.2) is 104 Å². The number of nitrogens with zero attached hydrogens (tertiary/aromatic N) is 6. The molecule has 0 aliphatic carbocycles. The molecule has 1 saturated heterocycles. The van der Waals surface area contributed by atoms with Crippen LogP contribution in [0, 0.1) is 0 Å². The van der Waals surface area contributed by atoms with Crippen LogP contribution in [0.15, 0.2) is 24.8 Å². The number of likely N-dealkylation sites (tertiary alicyclic amines) is 1. The van der Waals surface area contributed by atoms with E-state index in [1.165, 1.54) is 4.90 Å². The number of amides is 2. The van der Waals surface area contributed by atoms with Crippen molar-refractivity contribution in [2.24, 2.45) is 14.1 Å².